The van der Waals surface area contributed by atoms with E-state index in [9.17, 15) is 39.6 Å². The van der Waals surface area contributed by atoms with Crippen LogP contribution in [0.4, 0.5) is 5.69 Å². The van der Waals surface area contributed by atoms with Crippen LogP contribution in [-0.4, -0.2) is 76.0 Å². The lowest BCUT2D eigenvalue weighted by Crippen LogP contribution is -2.69. The maximum absolute atomic E-state index is 13.6. The number of nitrogens with two attached hydrogens (primary N) is 1. The molecule has 4 rings (SSSR count). The van der Waals surface area contributed by atoms with Gasteiger partial charge in [0.2, 0.25) is 11.7 Å². The molecule has 11 heteroatoms. The van der Waals surface area contributed by atoms with Gasteiger partial charge in [-0.05, 0) is 29.5 Å². The Labute approximate surface area is 219 Å². The Bertz CT molecular complexity index is 1390. The maximum atomic E-state index is 13.6. The molecule has 7 N–H and O–H groups in total. The van der Waals surface area contributed by atoms with Crippen molar-refractivity contribution in [1.29, 1.82) is 0 Å². The van der Waals surface area contributed by atoms with E-state index in [1.807, 2.05) is 20.8 Å². The number of carbonyl (C=O) groups excluding carboxylic acids is 4. The van der Waals surface area contributed by atoms with Gasteiger partial charge in [-0.1, -0.05) is 20.8 Å². The van der Waals surface area contributed by atoms with Gasteiger partial charge in [0.15, 0.2) is 17.2 Å². The zero-order valence-corrected chi connectivity index (χ0v) is 22.0. The van der Waals surface area contributed by atoms with Gasteiger partial charge >= 0.3 is 0 Å². The largest absolute Gasteiger partial charge is 0.507 e. The minimum Gasteiger partial charge on any atom is -0.507 e. The van der Waals surface area contributed by atoms with E-state index >= 15 is 0 Å². The maximum Gasteiger partial charge on any atom is 0.231 e. The summed E-state index contributed by atoms with van der Waals surface area (Å²) in [6, 6.07) is 3.27. The molecule has 0 bridgehead atoms. The number of primary amides is 1. The Morgan fingerprint density at radius 2 is 1.79 bits per heavy atom. The number of hydrogen-bond acceptors (Lipinski definition) is 10. The van der Waals surface area contributed by atoms with Crippen molar-refractivity contribution in [1.82, 2.24) is 5.32 Å². The van der Waals surface area contributed by atoms with Crippen molar-refractivity contribution in [3.8, 4) is 11.5 Å². The van der Waals surface area contributed by atoms with Crippen LogP contribution in [0.3, 0.4) is 0 Å². The molecule has 3 unspecified atom stereocenters. The van der Waals surface area contributed by atoms with E-state index in [-0.39, 0.29) is 35.1 Å². The molecule has 2 aliphatic carbocycles. The van der Waals surface area contributed by atoms with E-state index in [0.717, 1.165) is 0 Å². The Morgan fingerprint density at radius 3 is 2.34 bits per heavy atom. The molecule has 0 radical (unpaired) electrons. The first-order valence-electron chi connectivity index (χ1n) is 12.3. The number of aromatic hydroxyl groups is 2. The number of ketones is 3. The molecule has 1 saturated carbocycles. The molecule has 0 aromatic heterocycles. The number of aliphatic hydroxyl groups excluding tert-OH is 1. The fourth-order valence-corrected chi connectivity index (χ4v) is 5.47. The van der Waals surface area contributed by atoms with Crippen LogP contribution in [0.25, 0.3) is 10.8 Å². The molecule has 0 saturated heterocycles. The molecule has 38 heavy (non-hydrogen) atoms. The van der Waals surface area contributed by atoms with Crippen LogP contribution in [-0.2, 0) is 27.3 Å². The van der Waals surface area contributed by atoms with Gasteiger partial charge in [0.25, 0.3) is 0 Å². The van der Waals surface area contributed by atoms with Crippen molar-refractivity contribution in [2.45, 2.75) is 45.4 Å². The SMILES string of the molecule is CN(C)c1cc(CNCC(C)(C)C)c(O)c2c(O)c3c(cc12)CC1C(=O)C(O)C(C(N)=O)C(=O)[C@@]1(O)C3=O. The van der Waals surface area contributed by atoms with Crippen molar-refractivity contribution in [3.63, 3.8) is 0 Å². The molecule has 4 atom stereocenters. The van der Waals surface area contributed by atoms with Crippen molar-refractivity contribution in [2.75, 3.05) is 25.5 Å². The highest BCUT2D eigenvalue weighted by atomic mass is 16.3. The molecular weight excluding hydrogens is 494 g/mol. The van der Waals surface area contributed by atoms with E-state index in [4.69, 9.17) is 5.73 Å². The molecule has 11 nitrogen and oxygen atoms in total. The quantitative estimate of drug-likeness (QED) is 0.292. The average molecular weight is 528 g/mol. The number of benzene rings is 2. The molecule has 1 amide bonds. The second kappa shape index (κ2) is 9.04. The molecule has 0 spiro atoms. The predicted octanol–water partition coefficient (Wildman–Crippen LogP) is 0.153. The number of Topliss-reactive ketones (excluding diaryl/α,β-unsaturated/α-hetero) is 3. The number of phenolic OH excluding ortho intramolecular Hbond substituents is 2. The summed E-state index contributed by atoms with van der Waals surface area (Å²) in [7, 11) is 3.53. The molecule has 2 aliphatic rings. The standard InChI is InChI=1S/C27H33N3O8/c1-26(2,3)10-29-9-12-8-15(30(4)5)13-6-11-7-14-20(32)22(34)18(25(28)37)24(36)27(14,38)23(35)16(11)21(33)17(13)19(12)31/h6,8,14,18,22,29,31,33-34,38H,7,9-10H2,1-5H3,(H2,28,37)/t14?,18?,22?,27-/m0/s1. The summed E-state index contributed by atoms with van der Waals surface area (Å²) in [5.41, 5.74) is 2.94. The van der Waals surface area contributed by atoms with Crippen molar-refractivity contribution < 1.29 is 39.6 Å². The first kappa shape index (κ1) is 27.5. The summed E-state index contributed by atoms with van der Waals surface area (Å²) >= 11 is 0. The third kappa shape index (κ3) is 4.01. The highest BCUT2D eigenvalue weighted by Crippen LogP contribution is 2.49. The number of anilines is 1. The number of amides is 1. The van der Waals surface area contributed by atoms with Gasteiger partial charge in [-0.25, -0.2) is 0 Å². The molecule has 0 heterocycles. The zero-order valence-electron chi connectivity index (χ0n) is 22.0. The normalized spacial score (nSPS) is 25.3. The monoisotopic (exact) mass is 527 g/mol. The summed E-state index contributed by atoms with van der Waals surface area (Å²) in [5.74, 6) is -9.83. The molecule has 0 aliphatic heterocycles. The van der Waals surface area contributed by atoms with Gasteiger partial charge in [0.1, 0.15) is 23.5 Å². The van der Waals surface area contributed by atoms with Gasteiger partial charge in [-0.3, -0.25) is 19.2 Å². The smallest absolute Gasteiger partial charge is 0.231 e. The van der Waals surface area contributed by atoms with Gasteiger partial charge < -0.3 is 36.4 Å². The third-order valence-electron chi connectivity index (χ3n) is 7.38. The molecule has 204 valence electrons. The number of carbonyl (C=O) groups is 4. The summed E-state index contributed by atoms with van der Waals surface area (Å²) in [5, 5.41) is 47.7. The van der Waals surface area contributed by atoms with Crippen molar-refractivity contribution >= 4 is 39.7 Å². The summed E-state index contributed by atoms with van der Waals surface area (Å²) in [4.78, 5) is 53.3. The van der Waals surface area contributed by atoms with Crippen LogP contribution < -0.4 is 16.0 Å². The lowest BCUT2D eigenvalue weighted by Gasteiger charge is -2.44. The van der Waals surface area contributed by atoms with Crippen molar-refractivity contribution in [2.24, 2.45) is 23.0 Å². The summed E-state index contributed by atoms with van der Waals surface area (Å²) in [6.45, 7) is 7.03. The number of nitrogens with one attached hydrogen (secondary N) is 1. The number of hydrogen-bond donors (Lipinski definition) is 6. The lowest BCUT2D eigenvalue weighted by molar-refractivity contribution is -0.168. The van der Waals surface area contributed by atoms with E-state index in [0.29, 0.717) is 23.2 Å². The van der Waals surface area contributed by atoms with Gasteiger partial charge in [0.05, 0.1) is 16.9 Å². The van der Waals surface area contributed by atoms with Gasteiger partial charge in [-0.2, -0.15) is 0 Å². The highest BCUT2D eigenvalue weighted by molar-refractivity contribution is 6.30. The first-order chi connectivity index (χ1) is 17.5. The van der Waals surface area contributed by atoms with Crippen LogP contribution in [0.5, 0.6) is 11.5 Å². The van der Waals surface area contributed by atoms with E-state index < -0.39 is 58.1 Å². The molecule has 2 aromatic rings. The van der Waals surface area contributed by atoms with Crippen LogP contribution in [0.2, 0.25) is 0 Å². The lowest BCUT2D eigenvalue weighted by atomic mass is 9.59. The first-order valence-corrected chi connectivity index (χ1v) is 12.3. The minimum atomic E-state index is -3.00. The van der Waals surface area contributed by atoms with Gasteiger partial charge in [0, 0.05) is 43.8 Å². The average Bonchev–Trinajstić information content (AvgIpc) is 2.79. The van der Waals surface area contributed by atoms with E-state index in [2.05, 4.69) is 5.32 Å². The predicted molar refractivity (Wildman–Crippen MR) is 138 cm³/mol. The number of aliphatic hydroxyl groups is 2. The number of fused-ring (bicyclic) bond motifs is 3. The van der Waals surface area contributed by atoms with Crippen LogP contribution in [0.1, 0.15) is 42.3 Å². The number of phenols is 2. The summed E-state index contributed by atoms with van der Waals surface area (Å²) < 4.78 is 0. The third-order valence-corrected chi connectivity index (χ3v) is 7.38. The Hall–Kier alpha value is -3.54. The fourth-order valence-electron chi connectivity index (χ4n) is 5.47. The molecular formula is C27H33N3O8. The zero-order chi connectivity index (χ0) is 28.5. The van der Waals surface area contributed by atoms with E-state index in [1.165, 1.54) is 6.07 Å². The highest BCUT2D eigenvalue weighted by Gasteiger charge is 2.65. The fraction of sp³-hybridized carbons (Fsp3) is 0.481. The van der Waals surface area contributed by atoms with Crippen LogP contribution in [0.15, 0.2) is 12.1 Å². The second-order valence-electron chi connectivity index (χ2n) is 11.6. The Morgan fingerprint density at radius 1 is 1.16 bits per heavy atom. The molecule has 1 fully saturated rings. The topological polar surface area (TPSA) is 190 Å². The Balaban J connectivity index is 1.94. The number of nitrogens with zero attached hydrogens (tertiary/aromatic N) is 1. The number of rotatable bonds is 5. The Kier molecular flexibility index (Phi) is 6.54. The minimum absolute atomic E-state index is 0.0310. The van der Waals surface area contributed by atoms with Gasteiger partial charge in [-0.15, -0.1) is 0 Å². The van der Waals surface area contributed by atoms with Crippen LogP contribution >= 0.6 is 0 Å². The molecule has 2 aromatic carbocycles. The van der Waals surface area contributed by atoms with Crippen molar-refractivity contribution in [3.05, 3.63) is 28.8 Å². The second-order valence-corrected chi connectivity index (χ2v) is 11.6. The van der Waals surface area contributed by atoms with Crippen LogP contribution in [0, 0.1) is 17.3 Å². The summed E-state index contributed by atoms with van der Waals surface area (Å²) in [6.07, 6.45) is -2.46. The van der Waals surface area contributed by atoms with E-state index in [1.54, 1.807) is 25.1 Å².